The largest absolute Gasteiger partial charge is 0.461 e. The lowest BCUT2D eigenvalue weighted by atomic mass is 9.92. The number of ether oxygens (including phenoxy) is 1. The van der Waals surface area contributed by atoms with Gasteiger partial charge < -0.3 is 24.8 Å². The number of likely N-dealkylation sites (tertiary alicyclic amines) is 1. The van der Waals surface area contributed by atoms with E-state index < -0.39 is 87.5 Å². The molecule has 0 radical (unpaired) electrons. The smallest absolute Gasteiger partial charge is 0.417 e. The molecular weight excluding hydrogens is 827 g/mol. The molecule has 8 rings (SSSR count). The standard InChI is InChI=1S/C39H35F8N9O3S/c1-18-25(9-12-56(18)27(57)8-7-26-50-35(53-59-26)37(2,43)44)54(3)34-21-13-23(39(45,46)47)29(20-5-6-24(41)32-28(20)22(15-48)33(49)60-32)30(42)31(21)51-36(52-34)58-17-38-10-4-11-55(38)16-19(40)14-38/h5-8,13,18-19,25H,4,9-12,14,16-17,49H2,1-3H3/b8-7+/t18-,19-,25-,38+/m1/s1. The van der Waals surface area contributed by atoms with Crippen molar-refractivity contribution >= 4 is 55.1 Å². The fourth-order valence-electron chi connectivity index (χ4n) is 8.80. The van der Waals surface area contributed by atoms with Crippen molar-refractivity contribution in [2.24, 2.45) is 0 Å². The van der Waals surface area contributed by atoms with Crippen molar-refractivity contribution in [2.75, 3.05) is 43.9 Å². The van der Waals surface area contributed by atoms with Gasteiger partial charge in [0.15, 0.2) is 5.82 Å². The molecule has 5 aromatic rings. The molecule has 3 aliphatic heterocycles. The Labute approximate surface area is 340 Å². The highest BCUT2D eigenvalue weighted by atomic mass is 32.1. The van der Waals surface area contributed by atoms with Crippen LogP contribution in [0.15, 0.2) is 28.8 Å². The number of nitrogens with zero attached hydrogens (tertiary/aromatic N) is 8. The Bertz CT molecular complexity index is 2600. The molecule has 0 unspecified atom stereocenters. The molecule has 4 atom stereocenters. The number of likely N-dealkylation sites (N-methyl/N-ethyl adjacent to an activating group) is 1. The molecule has 60 heavy (non-hydrogen) atoms. The predicted octanol–water partition coefficient (Wildman–Crippen LogP) is 7.85. The lowest BCUT2D eigenvalue weighted by molar-refractivity contribution is -0.137. The second-order valence-corrected chi connectivity index (χ2v) is 16.4. The third-order valence-corrected chi connectivity index (χ3v) is 12.7. The minimum atomic E-state index is -5.21. The summed E-state index contributed by atoms with van der Waals surface area (Å²) in [5, 5.41) is 12.3. The van der Waals surface area contributed by atoms with Gasteiger partial charge in [-0.05, 0) is 50.4 Å². The summed E-state index contributed by atoms with van der Waals surface area (Å²) < 4.78 is 130. The number of nitrogens with two attached hydrogens (primary N) is 1. The molecular formula is C39H35F8N9O3S. The van der Waals surface area contributed by atoms with Gasteiger partial charge in [-0.25, -0.2) is 13.2 Å². The number of anilines is 2. The average Bonchev–Trinajstić information content (AvgIpc) is 4.01. The maximum atomic E-state index is 17.3. The summed E-state index contributed by atoms with van der Waals surface area (Å²) in [7, 11) is 1.51. The van der Waals surface area contributed by atoms with Gasteiger partial charge in [-0.2, -0.15) is 42.2 Å². The molecule has 0 bridgehead atoms. The number of alkyl halides is 6. The number of hydrogen-bond acceptors (Lipinski definition) is 12. The Balaban J connectivity index is 1.23. The van der Waals surface area contributed by atoms with Gasteiger partial charge in [0.1, 0.15) is 41.0 Å². The van der Waals surface area contributed by atoms with Crippen molar-refractivity contribution in [3.8, 4) is 23.2 Å². The van der Waals surface area contributed by atoms with E-state index in [9.17, 15) is 23.2 Å². The number of nitrogen functional groups attached to an aromatic ring is 1. The summed E-state index contributed by atoms with van der Waals surface area (Å²) in [6.45, 7) is 3.15. The number of carbonyl (C=O) groups excluding carboxylic acids is 1. The summed E-state index contributed by atoms with van der Waals surface area (Å²) in [6, 6.07) is 2.63. The second-order valence-electron chi connectivity index (χ2n) is 15.4. The molecule has 2 N–H and O–H groups in total. The van der Waals surface area contributed by atoms with Crippen LogP contribution in [0.3, 0.4) is 0 Å². The molecule has 316 valence electrons. The molecule has 12 nitrogen and oxygen atoms in total. The number of halogens is 8. The number of hydrogen-bond donors (Lipinski definition) is 1. The van der Waals surface area contributed by atoms with Crippen LogP contribution in [0.1, 0.15) is 62.4 Å². The zero-order chi connectivity index (χ0) is 43.1. The maximum absolute atomic E-state index is 17.3. The van der Waals surface area contributed by atoms with Gasteiger partial charge in [-0.3, -0.25) is 9.69 Å². The van der Waals surface area contributed by atoms with Crippen molar-refractivity contribution in [2.45, 2.75) is 75.4 Å². The van der Waals surface area contributed by atoms with Crippen LogP contribution in [0.2, 0.25) is 0 Å². The van der Waals surface area contributed by atoms with Crippen LogP contribution in [-0.2, 0) is 16.9 Å². The van der Waals surface area contributed by atoms with Crippen LogP contribution in [-0.4, -0.2) is 92.9 Å². The van der Waals surface area contributed by atoms with Crippen molar-refractivity contribution in [3.05, 3.63) is 58.8 Å². The van der Waals surface area contributed by atoms with E-state index in [1.54, 1.807) is 13.0 Å². The SMILES string of the molecule is C[C@@H]1[C@H](N(C)c2nc(OC[C@@]34CCCN3C[C@H](F)C4)nc3c(F)c(-c4ccc(F)c5sc(N)c(C#N)c45)c(C(F)(F)F)cc23)CCN1C(=O)/C=C/c1nc(C(C)(F)F)no1. The van der Waals surface area contributed by atoms with Crippen molar-refractivity contribution in [1.82, 2.24) is 29.9 Å². The first-order valence-corrected chi connectivity index (χ1v) is 19.6. The Morgan fingerprint density at radius 1 is 1.20 bits per heavy atom. The third kappa shape index (κ3) is 7.02. The first kappa shape index (κ1) is 41.1. The molecule has 0 saturated carbocycles. The summed E-state index contributed by atoms with van der Waals surface area (Å²) in [5.41, 5.74) is 1.46. The first-order valence-electron chi connectivity index (χ1n) is 18.8. The highest BCUT2D eigenvalue weighted by Crippen LogP contribution is 2.48. The van der Waals surface area contributed by atoms with Crippen molar-refractivity contribution < 1.29 is 49.2 Å². The normalized spacial score (nSPS) is 22.4. The molecule has 21 heteroatoms. The molecule has 3 aromatic heterocycles. The Morgan fingerprint density at radius 2 is 1.97 bits per heavy atom. The molecule has 3 fully saturated rings. The number of thiophene rings is 1. The van der Waals surface area contributed by atoms with E-state index in [1.807, 2.05) is 4.90 Å². The van der Waals surface area contributed by atoms with Crippen LogP contribution in [0.25, 0.3) is 38.2 Å². The van der Waals surface area contributed by atoms with Gasteiger partial charge in [0.25, 0.3) is 5.89 Å². The topological polar surface area (TPSA) is 151 Å². The van der Waals surface area contributed by atoms with E-state index in [0.29, 0.717) is 37.3 Å². The van der Waals surface area contributed by atoms with Gasteiger partial charge in [-0.15, -0.1) is 11.3 Å². The molecule has 2 aromatic carbocycles. The molecule has 0 aliphatic carbocycles. The fourth-order valence-corrected chi connectivity index (χ4v) is 9.75. The summed E-state index contributed by atoms with van der Waals surface area (Å²) in [5.74, 6) is -7.65. The maximum Gasteiger partial charge on any atom is 0.417 e. The summed E-state index contributed by atoms with van der Waals surface area (Å²) in [6.07, 6.45) is -2.37. The number of fused-ring (bicyclic) bond motifs is 3. The number of aromatic nitrogens is 4. The molecule has 6 heterocycles. The summed E-state index contributed by atoms with van der Waals surface area (Å²) in [4.78, 5) is 30.7. The monoisotopic (exact) mass is 861 g/mol. The summed E-state index contributed by atoms with van der Waals surface area (Å²) >= 11 is 0.640. The van der Waals surface area contributed by atoms with Gasteiger partial charge >= 0.3 is 18.1 Å². The zero-order valence-electron chi connectivity index (χ0n) is 32.1. The Kier molecular flexibility index (Phi) is 10.2. The van der Waals surface area contributed by atoms with E-state index in [2.05, 4.69) is 20.1 Å². The van der Waals surface area contributed by atoms with E-state index in [-0.39, 0.29) is 70.3 Å². The van der Waals surface area contributed by atoms with E-state index >= 15 is 22.0 Å². The third-order valence-electron chi connectivity index (χ3n) is 11.7. The highest BCUT2D eigenvalue weighted by molar-refractivity contribution is 7.23. The molecule has 0 spiro atoms. The number of benzene rings is 2. The minimum absolute atomic E-state index is 0.0959. The minimum Gasteiger partial charge on any atom is -0.461 e. The fraction of sp³-hybridized carbons (Fsp3) is 0.436. The van der Waals surface area contributed by atoms with Crippen LogP contribution in [0, 0.1) is 23.0 Å². The predicted molar refractivity (Wildman–Crippen MR) is 204 cm³/mol. The lowest BCUT2D eigenvalue weighted by Gasteiger charge is -2.33. The van der Waals surface area contributed by atoms with E-state index in [1.165, 1.54) is 16.8 Å². The van der Waals surface area contributed by atoms with Gasteiger partial charge in [0.05, 0.1) is 27.4 Å². The number of rotatable bonds is 9. The first-order chi connectivity index (χ1) is 28.3. The molecule has 3 saturated heterocycles. The number of carbonyl (C=O) groups is 1. The van der Waals surface area contributed by atoms with E-state index in [0.717, 1.165) is 30.7 Å². The van der Waals surface area contributed by atoms with Crippen LogP contribution in [0.4, 0.5) is 45.9 Å². The highest BCUT2D eigenvalue weighted by Gasteiger charge is 2.50. The zero-order valence-corrected chi connectivity index (χ0v) is 32.9. The Hall–Kier alpha value is -5.62. The van der Waals surface area contributed by atoms with E-state index in [4.69, 9.17) is 15.0 Å². The lowest BCUT2D eigenvalue weighted by Crippen LogP contribution is -2.44. The molecule has 1 amide bonds. The van der Waals surface area contributed by atoms with Crippen molar-refractivity contribution in [1.29, 1.82) is 5.26 Å². The second kappa shape index (κ2) is 14.8. The van der Waals surface area contributed by atoms with Gasteiger partial charge in [-0.1, -0.05) is 11.2 Å². The van der Waals surface area contributed by atoms with Gasteiger partial charge in [0.2, 0.25) is 11.7 Å². The van der Waals surface area contributed by atoms with Crippen molar-refractivity contribution in [3.63, 3.8) is 0 Å². The Morgan fingerprint density at radius 3 is 2.67 bits per heavy atom. The average molecular weight is 862 g/mol. The van der Waals surface area contributed by atoms with Crippen LogP contribution < -0.4 is 15.4 Å². The van der Waals surface area contributed by atoms with Crippen LogP contribution >= 0.6 is 11.3 Å². The quantitative estimate of drug-likeness (QED) is 0.114. The van der Waals surface area contributed by atoms with Gasteiger partial charge in [0, 0.05) is 68.0 Å². The molecule has 3 aliphatic rings. The van der Waals surface area contributed by atoms with Crippen LogP contribution in [0.5, 0.6) is 6.01 Å². The number of amides is 1. The number of nitriles is 1.